The van der Waals surface area contributed by atoms with Crippen LogP contribution in [0.2, 0.25) is 0 Å². The highest BCUT2D eigenvalue weighted by molar-refractivity contribution is 5.83. The summed E-state index contributed by atoms with van der Waals surface area (Å²) in [6.45, 7) is 0.473. The Morgan fingerprint density at radius 3 is 2.80 bits per heavy atom. The first-order valence-electron chi connectivity index (χ1n) is 6.75. The fourth-order valence-corrected chi connectivity index (χ4v) is 2.34. The van der Waals surface area contributed by atoms with Gasteiger partial charge in [-0.15, -0.1) is 0 Å². The van der Waals surface area contributed by atoms with E-state index in [1.807, 2.05) is 42.5 Å². The van der Waals surface area contributed by atoms with Crippen molar-refractivity contribution in [1.29, 1.82) is 0 Å². The van der Waals surface area contributed by atoms with Crippen molar-refractivity contribution in [2.24, 2.45) is 11.8 Å². The fourth-order valence-electron chi connectivity index (χ4n) is 2.34. The summed E-state index contributed by atoms with van der Waals surface area (Å²) in [6, 6.07) is 14.1. The molecule has 0 radical (unpaired) electrons. The lowest BCUT2D eigenvalue weighted by Gasteiger charge is -2.04. The molecule has 0 spiro atoms. The van der Waals surface area contributed by atoms with Crippen LogP contribution in [0.25, 0.3) is 10.8 Å². The second kappa shape index (κ2) is 5.37. The van der Waals surface area contributed by atoms with Gasteiger partial charge in [0.2, 0.25) is 0 Å². The number of benzene rings is 2. The van der Waals surface area contributed by atoms with Crippen LogP contribution in [0.3, 0.4) is 0 Å². The average Bonchev–Trinajstić information content (AvgIpc) is 3.23. The maximum absolute atomic E-state index is 10.7. The van der Waals surface area contributed by atoms with Gasteiger partial charge in [0.1, 0.15) is 12.4 Å². The minimum absolute atomic E-state index is 0.188. The summed E-state index contributed by atoms with van der Waals surface area (Å²) in [6.07, 6.45) is 4.60. The van der Waals surface area contributed by atoms with Gasteiger partial charge in [-0.2, -0.15) is 0 Å². The maximum Gasteiger partial charge on any atom is 0.307 e. The second-order valence-electron chi connectivity index (χ2n) is 5.09. The van der Waals surface area contributed by atoms with Crippen LogP contribution >= 0.6 is 0 Å². The molecule has 2 aromatic rings. The molecule has 1 fully saturated rings. The van der Waals surface area contributed by atoms with Crippen molar-refractivity contribution in [2.75, 3.05) is 6.61 Å². The van der Waals surface area contributed by atoms with Gasteiger partial charge < -0.3 is 9.84 Å². The van der Waals surface area contributed by atoms with Crippen molar-refractivity contribution in [3.8, 4) is 5.75 Å². The van der Waals surface area contributed by atoms with Gasteiger partial charge in [0.25, 0.3) is 0 Å². The molecular formula is C17H16O3. The summed E-state index contributed by atoms with van der Waals surface area (Å²) in [4.78, 5) is 10.7. The number of hydrogen-bond acceptors (Lipinski definition) is 2. The molecule has 0 bridgehead atoms. The van der Waals surface area contributed by atoms with Crippen LogP contribution in [0.15, 0.2) is 54.6 Å². The van der Waals surface area contributed by atoms with Crippen molar-refractivity contribution in [3.05, 3.63) is 54.6 Å². The standard InChI is InChI=1S/C17H16O3/c18-17(19)16-11-14(16)6-3-9-20-15-8-7-12-4-1-2-5-13(12)10-15/h1-8,10,14,16H,9,11H2,(H,18,19)/b6-3+/t14-,16+/m0/s1. The van der Waals surface area contributed by atoms with Gasteiger partial charge in [0.05, 0.1) is 5.92 Å². The molecule has 1 aliphatic rings. The third-order valence-corrected chi connectivity index (χ3v) is 3.61. The number of rotatable bonds is 5. The van der Waals surface area contributed by atoms with Crippen LogP contribution < -0.4 is 4.74 Å². The van der Waals surface area contributed by atoms with Crippen molar-refractivity contribution < 1.29 is 14.6 Å². The van der Waals surface area contributed by atoms with Gasteiger partial charge >= 0.3 is 5.97 Å². The number of hydrogen-bond donors (Lipinski definition) is 1. The summed E-state index contributed by atoms with van der Waals surface area (Å²) in [5.41, 5.74) is 0. The lowest BCUT2D eigenvalue weighted by atomic mass is 10.1. The lowest BCUT2D eigenvalue weighted by Crippen LogP contribution is -1.98. The highest BCUT2D eigenvalue weighted by Crippen LogP contribution is 2.39. The van der Waals surface area contributed by atoms with Gasteiger partial charge in [-0.05, 0) is 35.2 Å². The molecular weight excluding hydrogens is 252 g/mol. The molecule has 0 heterocycles. The molecule has 0 saturated heterocycles. The Kier molecular flexibility index (Phi) is 3.42. The largest absolute Gasteiger partial charge is 0.490 e. The van der Waals surface area contributed by atoms with E-state index in [1.54, 1.807) is 0 Å². The van der Waals surface area contributed by atoms with Crippen LogP contribution in [-0.4, -0.2) is 17.7 Å². The monoisotopic (exact) mass is 268 g/mol. The highest BCUT2D eigenvalue weighted by atomic mass is 16.5. The van der Waals surface area contributed by atoms with Crippen LogP contribution in [-0.2, 0) is 4.79 Å². The van der Waals surface area contributed by atoms with E-state index in [0.29, 0.717) is 6.61 Å². The van der Waals surface area contributed by atoms with Gasteiger partial charge in [-0.25, -0.2) is 0 Å². The predicted molar refractivity (Wildman–Crippen MR) is 77.8 cm³/mol. The second-order valence-corrected chi connectivity index (χ2v) is 5.09. The SMILES string of the molecule is O=C(O)[C@@H]1C[C@@H]1/C=C/COc1ccc2ccccc2c1. The maximum atomic E-state index is 10.7. The summed E-state index contributed by atoms with van der Waals surface area (Å²) < 4.78 is 5.65. The minimum atomic E-state index is -0.699. The molecule has 2 aromatic carbocycles. The average molecular weight is 268 g/mol. The number of carboxylic acid groups (broad SMARTS) is 1. The van der Waals surface area contributed by atoms with Crippen molar-refractivity contribution in [1.82, 2.24) is 0 Å². The van der Waals surface area contributed by atoms with Crippen LogP contribution in [0, 0.1) is 11.8 Å². The van der Waals surface area contributed by atoms with E-state index in [0.717, 1.165) is 17.6 Å². The van der Waals surface area contributed by atoms with Crippen molar-refractivity contribution in [2.45, 2.75) is 6.42 Å². The summed E-state index contributed by atoms with van der Waals surface area (Å²) in [5, 5.41) is 11.1. The first-order chi connectivity index (χ1) is 9.74. The smallest absolute Gasteiger partial charge is 0.307 e. The van der Waals surface area contributed by atoms with E-state index in [4.69, 9.17) is 9.84 Å². The molecule has 3 nitrogen and oxygen atoms in total. The Labute approximate surface area is 117 Å². The Hall–Kier alpha value is -2.29. The molecule has 1 N–H and O–H groups in total. The molecule has 0 unspecified atom stereocenters. The van der Waals surface area contributed by atoms with Crippen LogP contribution in [0.1, 0.15) is 6.42 Å². The number of carboxylic acids is 1. The van der Waals surface area contributed by atoms with Gasteiger partial charge in [0, 0.05) is 0 Å². The van der Waals surface area contributed by atoms with E-state index < -0.39 is 5.97 Å². The molecule has 102 valence electrons. The number of carbonyl (C=O) groups is 1. The van der Waals surface area contributed by atoms with E-state index in [2.05, 4.69) is 12.1 Å². The number of aliphatic carboxylic acids is 1. The van der Waals surface area contributed by atoms with Crippen molar-refractivity contribution in [3.63, 3.8) is 0 Å². The zero-order valence-electron chi connectivity index (χ0n) is 11.0. The van der Waals surface area contributed by atoms with E-state index in [9.17, 15) is 4.79 Å². The van der Waals surface area contributed by atoms with Crippen molar-refractivity contribution >= 4 is 16.7 Å². The molecule has 20 heavy (non-hydrogen) atoms. The summed E-state index contributed by atoms with van der Waals surface area (Å²) >= 11 is 0. The van der Waals surface area contributed by atoms with E-state index in [1.165, 1.54) is 5.39 Å². The first kappa shape index (κ1) is 12.7. The Balaban J connectivity index is 1.55. The Morgan fingerprint density at radius 1 is 1.25 bits per heavy atom. The number of allylic oxidation sites excluding steroid dienone is 1. The molecule has 1 saturated carbocycles. The van der Waals surface area contributed by atoms with Crippen LogP contribution in [0.4, 0.5) is 0 Å². The molecule has 2 atom stereocenters. The number of ether oxygens (including phenoxy) is 1. The van der Waals surface area contributed by atoms with E-state index >= 15 is 0 Å². The van der Waals surface area contributed by atoms with Gasteiger partial charge in [0.15, 0.2) is 0 Å². The molecule has 3 rings (SSSR count). The normalized spacial score (nSPS) is 21.2. The topological polar surface area (TPSA) is 46.5 Å². The lowest BCUT2D eigenvalue weighted by molar-refractivity contribution is -0.138. The zero-order chi connectivity index (χ0) is 13.9. The molecule has 3 heteroatoms. The molecule has 0 amide bonds. The predicted octanol–water partition coefficient (Wildman–Crippen LogP) is 3.50. The fraction of sp³-hybridized carbons (Fsp3) is 0.235. The molecule has 1 aliphatic carbocycles. The van der Waals surface area contributed by atoms with Gasteiger partial charge in [-0.3, -0.25) is 4.79 Å². The summed E-state index contributed by atoms with van der Waals surface area (Å²) in [7, 11) is 0. The Morgan fingerprint density at radius 2 is 2.05 bits per heavy atom. The Bertz CT molecular complexity index is 660. The number of fused-ring (bicyclic) bond motifs is 1. The van der Waals surface area contributed by atoms with E-state index in [-0.39, 0.29) is 11.8 Å². The first-order valence-corrected chi connectivity index (χ1v) is 6.75. The van der Waals surface area contributed by atoms with Crippen LogP contribution in [0.5, 0.6) is 5.75 Å². The van der Waals surface area contributed by atoms with Gasteiger partial charge in [-0.1, -0.05) is 42.5 Å². The zero-order valence-corrected chi connectivity index (χ0v) is 11.0. The minimum Gasteiger partial charge on any atom is -0.490 e. The summed E-state index contributed by atoms with van der Waals surface area (Å²) in [5.74, 6) is 0.133. The molecule has 0 aromatic heterocycles. The third-order valence-electron chi connectivity index (χ3n) is 3.61. The quantitative estimate of drug-likeness (QED) is 0.844. The third kappa shape index (κ3) is 2.82. The molecule has 0 aliphatic heterocycles. The highest BCUT2D eigenvalue weighted by Gasteiger charge is 2.40.